The molecule has 4 aliphatic carbocycles. The first-order chi connectivity index (χ1) is 7.53. The minimum Gasteiger partial charge on any atom is -0.330 e. The van der Waals surface area contributed by atoms with Crippen LogP contribution in [0.4, 0.5) is 0 Å². The molecule has 4 saturated carbocycles. The Morgan fingerprint density at radius 2 is 1.69 bits per heavy atom. The predicted octanol–water partition coefficient (Wildman–Crippen LogP) is 2.27. The molecule has 16 heavy (non-hydrogen) atoms. The van der Waals surface area contributed by atoms with E-state index in [1.807, 2.05) is 0 Å². The van der Waals surface area contributed by atoms with Crippen LogP contribution in [0, 0.1) is 22.2 Å². The molecular weight excluding hydrogens is 196 g/mol. The third-order valence-corrected chi connectivity index (χ3v) is 5.69. The van der Waals surface area contributed by atoms with Crippen LogP contribution < -0.4 is 11.5 Å². The van der Waals surface area contributed by atoms with Gasteiger partial charge in [0.2, 0.25) is 0 Å². The molecule has 0 aromatic rings. The molecule has 0 radical (unpaired) electrons. The molecule has 0 aromatic carbocycles. The molecule has 0 amide bonds. The summed E-state index contributed by atoms with van der Waals surface area (Å²) < 4.78 is 0. The van der Waals surface area contributed by atoms with E-state index in [-0.39, 0.29) is 0 Å². The van der Waals surface area contributed by atoms with Crippen molar-refractivity contribution >= 4 is 0 Å². The van der Waals surface area contributed by atoms with Crippen LogP contribution in [0.15, 0.2) is 0 Å². The molecule has 4 fully saturated rings. The van der Waals surface area contributed by atoms with Crippen molar-refractivity contribution in [2.75, 3.05) is 13.1 Å². The maximum atomic E-state index is 6.11. The van der Waals surface area contributed by atoms with Crippen LogP contribution in [0.3, 0.4) is 0 Å². The van der Waals surface area contributed by atoms with E-state index in [1.165, 1.54) is 44.9 Å². The van der Waals surface area contributed by atoms with Gasteiger partial charge in [0.25, 0.3) is 0 Å². The average Bonchev–Trinajstić information content (AvgIpc) is 2.13. The molecule has 2 heteroatoms. The van der Waals surface area contributed by atoms with Crippen molar-refractivity contribution in [3.05, 3.63) is 0 Å². The molecule has 0 heterocycles. The van der Waals surface area contributed by atoms with E-state index in [9.17, 15) is 0 Å². The Hall–Kier alpha value is -0.0800. The van der Waals surface area contributed by atoms with Crippen molar-refractivity contribution in [2.24, 2.45) is 33.6 Å². The quantitative estimate of drug-likeness (QED) is 0.769. The zero-order valence-electron chi connectivity index (χ0n) is 10.6. The van der Waals surface area contributed by atoms with Crippen LogP contribution in [-0.4, -0.2) is 13.1 Å². The number of hydrogen-bond donors (Lipinski definition) is 2. The summed E-state index contributed by atoms with van der Waals surface area (Å²) >= 11 is 0. The molecule has 2 nitrogen and oxygen atoms in total. The smallest absolute Gasteiger partial charge is 0.00200 e. The van der Waals surface area contributed by atoms with Crippen LogP contribution in [-0.2, 0) is 0 Å². The lowest BCUT2D eigenvalue weighted by Gasteiger charge is -2.66. The summed E-state index contributed by atoms with van der Waals surface area (Å²) in [6, 6.07) is 0. The molecule has 0 spiro atoms. The second kappa shape index (κ2) is 3.23. The molecule has 0 saturated heterocycles. The Kier molecular flexibility index (Phi) is 2.23. The van der Waals surface area contributed by atoms with Gasteiger partial charge in [0.15, 0.2) is 0 Å². The van der Waals surface area contributed by atoms with Crippen LogP contribution >= 0.6 is 0 Å². The molecule has 92 valence electrons. The Morgan fingerprint density at radius 3 is 2.31 bits per heavy atom. The molecule has 4 unspecified atom stereocenters. The van der Waals surface area contributed by atoms with E-state index < -0.39 is 0 Å². The fourth-order valence-electron chi connectivity index (χ4n) is 6.18. The van der Waals surface area contributed by atoms with Crippen molar-refractivity contribution < 1.29 is 0 Å². The predicted molar refractivity (Wildman–Crippen MR) is 66.9 cm³/mol. The zero-order valence-corrected chi connectivity index (χ0v) is 10.6. The van der Waals surface area contributed by atoms with E-state index in [0.29, 0.717) is 16.2 Å². The summed E-state index contributed by atoms with van der Waals surface area (Å²) in [4.78, 5) is 0. The normalized spacial score (nSPS) is 54.6. The van der Waals surface area contributed by atoms with Gasteiger partial charge in [-0.2, -0.15) is 0 Å². The summed E-state index contributed by atoms with van der Waals surface area (Å²) in [5.41, 5.74) is 13.6. The average molecular weight is 222 g/mol. The number of rotatable bonds is 3. The lowest BCUT2D eigenvalue weighted by molar-refractivity contribution is -0.149. The van der Waals surface area contributed by atoms with Gasteiger partial charge in [-0.1, -0.05) is 6.92 Å². The van der Waals surface area contributed by atoms with Gasteiger partial charge in [0, 0.05) is 0 Å². The van der Waals surface area contributed by atoms with Crippen molar-refractivity contribution in [3.63, 3.8) is 0 Å². The molecule has 4 atom stereocenters. The van der Waals surface area contributed by atoms with E-state index >= 15 is 0 Å². The second-order valence-corrected chi connectivity index (χ2v) is 7.56. The molecule has 0 aliphatic heterocycles. The second-order valence-electron chi connectivity index (χ2n) is 7.56. The molecule has 0 aromatic heterocycles. The van der Waals surface area contributed by atoms with Crippen LogP contribution in [0.2, 0.25) is 0 Å². The van der Waals surface area contributed by atoms with Gasteiger partial charge >= 0.3 is 0 Å². The van der Waals surface area contributed by atoms with Gasteiger partial charge in [0.05, 0.1) is 0 Å². The fourth-order valence-corrected chi connectivity index (χ4v) is 6.18. The summed E-state index contributed by atoms with van der Waals surface area (Å²) in [6.07, 6.45) is 9.74. The lowest BCUT2D eigenvalue weighted by atomic mass is 9.39. The Morgan fingerprint density at radius 1 is 1.00 bits per heavy atom. The minimum absolute atomic E-state index is 0.489. The highest BCUT2D eigenvalue weighted by molar-refractivity contribution is 5.11. The van der Waals surface area contributed by atoms with Gasteiger partial charge in [0.1, 0.15) is 0 Å². The molecular formula is C14H26N2. The first-order valence-corrected chi connectivity index (χ1v) is 6.93. The molecule has 4 aliphatic rings. The minimum atomic E-state index is 0.489. The standard InChI is InChI=1S/C14H26N2/c1-12-4-11-5-13(7-12,2-3-15)9-14(6-11,8-12)10-16/h11H,2-10,15-16H2,1H3. The van der Waals surface area contributed by atoms with E-state index in [1.54, 1.807) is 0 Å². The van der Waals surface area contributed by atoms with Crippen LogP contribution in [0.1, 0.15) is 51.9 Å². The van der Waals surface area contributed by atoms with E-state index in [0.717, 1.165) is 19.0 Å². The van der Waals surface area contributed by atoms with E-state index in [4.69, 9.17) is 11.5 Å². The Labute approximate surface area is 99.1 Å². The van der Waals surface area contributed by atoms with Gasteiger partial charge in [-0.3, -0.25) is 0 Å². The van der Waals surface area contributed by atoms with Crippen molar-refractivity contribution in [1.29, 1.82) is 0 Å². The highest BCUT2D eigenvalue weighted by Crippen LogP contribution is 2.70. The summed E-state index contributed by atoms with van der Waals surface area (Å²) in [5.74, 6) is 0.955. The SMILES string of the molecule is CC12CC3CC(CN)(C1)CC(CCN)(C3)C2. The number of nitrogens with two attached hydrogens (primary N) is 2. The van der Waals surface area contributed by atoms with E-state index in [2.05, 4.69) is 6.92 Å². The van der Waals surface area contributed by atoms with Crippen LogP contribution in [0.5, 0.6) is 0 Å². The fraction of sp³-hybridized carbons (Fsp3) is 1.00. The highest BCUT2D eigenvalue weighted by Gasteiger charge is 2.60. The monoisotopic (exact) mass is 222 g/mol. The third kappa shape index (κ3) is 1.46. The Balaban J connectivity index is 1.95. The first kappa shape index (κ1) is 11.0. The maximum Gasteiger partial charge on any atom is -0.00200 e. The van der Waals surface area contributed by atoms with Gasteiger partial charge in [-0.05, 0) is 80.2 Å². The Bertz CT molecular complexity index is 303. The topological polar surface area (TPSA) is 52.0 Å². The van der Waals surface area contributed by atoms with Gasteiger partial charge in [-0.15, -0.1) is 0 Å². The van der Waals surface area contributed by atoms with Crippen molar-refractivity contribution in [3.8, 4) is 0 Å². The number of hydrogen-bond acceptors (Lipinski definition) is 2. The van der Waals surface area contributed by atoms with Crippen molar-refractivity contribution in [2.45, 2.75) is 51.9 Å². The summed E-state index contributed by atoms with van der Waals surface area (Å²) in [5, 5.41) is 0. The first-order valence-electron chi connectivity index (χ1n) is 6.93. The summed E-state index contributed by atoms with van der Waals surface area (Å²) in [6.45, 7) is 4.28. The lowest BCUT2D eigenvalue weighted by Crippen LogP contribution is -2.58. The molecule has 4 bridgehead atoms. The molecule has 4 N–H and O–H groups in total. The molecule has 4 rings (SSSR count). The third-order valence-electron chi connectivity index (χ3n) is 5.69. The zero-order chi connectivity index (χ0) is 11.4. The largest absolute Gasteiger partial charge is 0.330 e. The maximum absolute atomic E-state index is 6.11. The van der Waals surface area contributed by atoms with Crippen molar-refractivity contribution in [1.82, 2.24) is 0 Å². The summed E-state index contributed by atoms with van der Waals surface area (Å²) in [7, 11) is 0. The van der Waals surface area contributed by atoms with Gasteiger partial charge < -0.3 is 11.5 Å². The van der Waals surface area contributed by atoms with Crippen LogP contribution in [0.25, 0.3) is 0 Å². The highest BCUT2D eigenvalue weighted by atomic mass is 14.7. The van der Waals surface area contributed by atoms with Gasteiger partial charge in [-0.25, -0.2) is 0 Å².